The number of aryl methyl sites for hydroxylation is 2. The van der Waals surface area contributed by atoms with Crippen molar-refractivity contribution >= 4 is 6.29 Å². The first-order chi connectivity index (χ1) is 8.65. The molecule has 0 aliphatic heterocycles. The average molecular weight is 246 g/mol. The van der Waals surface area contributed by atoms with Crippen LogP contribution in [-0.2, 0) is 13.5 Å². The number of carbonyl (C=O) groups excluding carboxylic acids is 1. The molecule has 2 aromatic rings. The number of nitrogens with zero attached hydrogens (tertiary/aromatic N) is 2. The molecule has 3 nitrogen and oxygen atoms in total. The molecule has 0 N–H and O–H groups in total. The third kappa shape index (κ3) is 2.32. The normalized spacial score (nSPS) is 10.6. The number of aromatic nitrogens is 2. The summed E-state index contributed by atoms with van der Waals surface area (Å²) in [6, 6.07) is 4.26. The smallest absolute Gasteiger partial charge is 0.150 e. The van der Waals surface area contributed by atoms with Crippen LogP contribution in [0.5, 0.6) is 0 Å². The minimum absolute atomic E-state index is 0.361. The lowest BCUT2D eigenvalue weighted by molar-refractivity contribution is 0.112. The third-order valence-electron chi connectivity index (χ3n) is 2.82. The number of hydrogen-bond donors (Lipinski definition) is 0. The highest BCUT2D eigenvalue weighted by atomic mass is 19.1. The molecular weight excluding hydrogens is 231 g/mol. The van der Waals surface area contributed by atoms with Crippen LogP contribution in [0.25, 0.3) is 11.1 Å². The molecule has 0 unspecified atom stereocenters. The Hall–Kier alpha value is -1.97. The van der Waals surface area contributed by atoms with Crippen LogP contribution < -0.4 is 0 Å². The molecule has 0 aliphatic rings. The summed E-state index contributed by atoms with van der Waals surface area (Å²) >= 11 is 0. The fourth-order valence-corrected chi connectivity index (χ4v) is 2.06. The summed E-state index contributed by atoms with van der Waals surface area (Å²) in [5.41, 5.74) is 2.94. The fourth-order valence-electron chi connectivity index (χ4n) is 2.06. The van der Waals surface area contributed by atoms with Crippen molar-refractivity contribution < 1.29 is 9.18 Å². The monoisotopic (exact) mass is 246 g/mol. The topological polar surface area (TPSA) is 34.9 Å². The van der Waals surface area contributed by atoms with E-state index in [-0.39, 0.29) is 0 Å². The minimum atomic E-state index is -0.401. The summed E-state index contributed by atoms with van der Waals surface area (Å²) in [5, 5.41) is 4.38. The molecule has 0 atom stereocenters. The van der Waals surface area contributed by atoms with Crippen molar-refractivity contribution in [3.05, 3.63) is 41.5 Å². The van der Waals surface area contributed by atoms with Crippen LogP contribution in [0.1, 0.15) is 29.4 Å². The van der Waals surface area contributed by atoms with Crippen molar-refractivity contribution in [1.29, 1.82) is 0 Å². The van der Waals surface area contributed by atoms with Gasteiger partial charge < -0.3 is 0 Å². The standard InChI is InChI=1S/C14H15FN2O/c1-3-4-14-13(8-17(2)16-14)12-6-5-11(15)7-10(12)9-18/h5-9H,3-4H2,1-2H3. The zero-order valence-electron chi connectivity index (χ0n) is 10.5. The maximum atomic E-state index is 13.1. The molecule has 0 amide bonds. The van der Waals surface area contributed by atoms with Gasteiger partial charge in [-0.15, -0.1) is 0 Å². The summed E-state index contributed by atoms with van der Waals surface area (Å²) in [6.45, 7) is 2.07. The molecule has 94 valence electrons. The van der Waals surface area contributed by atoms with Gasteiger partial charge in [-0.1, -0.05) is 19.4 Å². The van der Waals surface area contributed by atoms with Gasteiger partial charge in [0.15, 0.2) is 6.29 Å². The Kier molecular flexibility index (Phi) is 3.55. The van der Waals surface area contributed by atoms with Gasteiger partial charge in [0.2, 0.25) is 0 Å². The van der Waals surface area contributed by atoms with E-state index in [0.717, 1.165) is 29.7 Å². The minimum Gasteiger partial charge on any atom is -0.298 e. The summed E-state index contributed by atoms with van der Waals surface area (Å²) in [4.78, 5) is 11.0. The maximum absolute atomic E-state index is 13.1. The lowest BCUT2D eigenvalue weighted by Gasteiger charge is -2.04. The second-order valence-electron chi connectivity index (χ2n) is 4.26. The Labute approximate surface area is 105 Å². The predicted molar refractivity (Wildman–Crippen MR) is 68.0 cm³/mol. The molecule has 0 aliphatic carbocycles. The van der Waals surface area contributed by atoms with Crippen LogP contribution in [0.3, 0.4) is 0 Å². The molecule has 0 bridgehead atoms. The van der Waals surface area contributed by atoms with Gasteiger partial charge in [-0.2, -0.15) is 5.10 Å². The van der Waals surface area contributed by atoms with Gasteiger partial charge in [0.05, 0.1) is 5.69 Å². The highest BCUT2D eigenvalue weighted by Crippen LogP contribution is 2.27. The van der Waals surface area contributed by atoms with Gasteiger partial charge in [0.1, 0.15) is 5.82 Å². The first-order valence-corrected chi connectivity index (χ1v) is 5.93. The third-order valence-corrected chi connectivity index (χ3v) is 2.82. The van der Waals surface area contributed by atoms with Crippen molar-refractivity contribution in [2.24, 2.45) is 7.05 Å². The lowest BCUT2D eigenvalue weighted by atomic mass is 9.99. The molecule has 4 heteroatoms. The van der Waals surface area contributed by atoms with Crippen molar-refractivity contribution in [1.82, 2.24) is 9.78 Å². The van der Waals surface area contributed by atoms with Crippen molar-refractivity contribution in [2.75, 3.05) is 0 Å². The number of halogens is 1. The van der Waals surface area contributed by atoms with Crippen LogP contribution in [0.15, 0.2) is 24.4 Å². The molecule has 18 heavy (non-hydrogen) atoms. The lowest BCUT2D eigenvalue weighted by Crippen LogP contribution is -1.93. The molecule has 0 fully saturated rings. The number of carbonyl (C=O) groups is 1. The Morgan fingerprint density at radius 1 is 1.39 bits per heavy atom. The summed E-state index contributed by atoms with van der Waals surface area (Å²) < 4.78 is 14.8. The second-order valence-corrected chi connectivity index (χ2v) is 4.26. The summed E-state index contributed by atoms with van der Waals surface area (Å²) in [5.74, 6) is -0.401. The number of aldehydes is 1. The van der Waals surface area contributed by atoms with E-state index in [0.29, 0.717) is 11.8 Å². The Bertz CT molecular complexity index is 575. The summed E-state index contributed by atoms with van der Waals surface area (Å²) in [7, 11) is 1.84. The predicted octanol–water partition coefficient (Wildman–Crippen LogP) is 2.99. The molecule has 1 heterocycles. The van der Waals surface area contributed by atoms with Crippen LogP contribution in [0, 0.1) is 5.82 Å². The molecule has 0 saturated heterocycles. The van der Waals surface area contributed by atoms with Gasteiger partial charge in [0.25, 0.3) is 0 Å². The Morgan fingerprint density at radius 2 is 2.17 bits per heavy atom. The molecule has 0 spiro atoms. The number of rotatable bonds is 4. The first-order valence-electron chi connectivity index (χ1n) is 5.93. The molecular formula is C14H15FN2O. The van der Waals surface area contributed by atoms with E-state index in [1.165, 1.54) is 12.1 Å². The van der Waals surface area contributed by atoms with Gasteiger partial charge in [0, 0.05) is 24.4 Å². The average Bonchev–Trinajstić information content (AvgIpc) is 2.70. The van der Waals surface area contributed by atoms with Crippen molar-refractivity contribution in [3.8, 4) is 11.1 Å². The molecule has 0 radical (unpaired) electrons. The zero-order chi connectivity index (χ0) is 13.1. The van der Waals surface area contributed by atoms with Crippen LogP contribution >= 0.6 is 0 Å². The van der Waals surface area contributed by atoms with Gasteiger partial charge in [-0.05, 0) is 24.1 Å². The second kappa shape index (κ2) is 5.12. The first kappa shape index (κ1) is 12.5. The van der Waals surface area contributed by atoms with E-state index >= 15 is 0 Å². The summed E-state index contributed by atoms with van der Waals surface area (Å²) in [6.07, 6.45) is 4.36. The SMILES string of the molecule is CCCc1nn(C)cc1-c1ccc(F)cc1C=O. The fraction of sp³-hybridized carbons (Fsp3) is 0.286. The van der Waals surface area contributed by atoms with E-state index in [4.69, 9.17) is 0 Å². The van der Waals surface area contributed by atoms with Crippen molar-refractivity contribution in [3.63, 3.8) is 0 Å². The molecule has 1 aromatic heterocycles. The largest absolute Gasteiger partial charge is 0.298 e. The molecule has 0 saturated carbocycles. The number of benzene rings is 1. The van der Waals surface area contributed by atoms with E-state index in [1.807, 2.05) is 13.2 Å². The van der Waals surface area contributed by atoms with E-state index in [1.54, 1.807) is 10.7 Å². The van der Waals surface area contributed by atoms with Gasteiger partial charge in [-0.3, -0.25) is 9.48 Å². The van der Waals surface area contributed by atoms with Crippen LogP contribution in [-0.4, -0.2) is 16.1 Å². The van der Waals surface area contributed by atoms with E-state index < -0.39 is 5.82 Å². The van der Waals surface area contributed by atoms with Gasteiger partial charge >= 0.3 is 0 Å². The quantitative estimate of drug-likeness (QED) is 0.777. The zero-order valence-corrected chi connectivity index (χ0v) is 10.5. The van der Waals surface area contributed by atoms with Crippen molar-refractivity contribution in [2.45, 2.75) is 19.8 Å². The number of hydrogen-bond acceptors (Lipinski definition) is 2. The Balaban J connectivity index is 2.57. The van der Waals surface area contributed by atoms with E-state index in [2.05, 4.69) is 12.0 Å². The molecule has 2 rings (SSSR count). The Morgan fingerprint density at radius 3 is 2.83 bits per heavy atom. The highest BCUT2D eigenvalue weighted by molar-refractivity contribution is 5.88. The van der Waals surface area contributed by atoms with Crippen LogP contribution in [0.4, 0.5) is 4.39 Å². The maximum Gasteiger partial charge on any atom is 0.150 e. The van der Waals surface area contributed by atoms with E-state index in [9.17, 15) is 9.18 Å². The van der Waals surface area contributed by atoms with Crippen LogP contribution in [0.2, 0.25) is 0 Å². The highest BCUT2D eigenvalue weighted by Gasteiger charge is 2.13. The van der Waals surface area contributed by atoms with Gasteiger partial charge in [-0.25, -0.2) is 4.39 Å². The molecule has 1 aromatic carbocycles.